The largest absolute Gasteiger partial charge is 0.507 e. The molecule has 0 saturated heterocycles. The van der Waals surface area contributed by atoms with Gasteiger partial charge in [-0.1, -0.05) is 60.7 Å². The minimum atomic E-state index is 0.0916. The molecule has 0 saturated carbocycles. The van der Waals surface area contributed by atoms with Crippen LogP contribution in [0, 0.1) is 0 Å². The zero-order valence-electron chi connectivity index (χ0n) is 17.9. The van der Waals surface area contributed by atoms with Crippen molar-refractivity contribution >= 4 is 32.6 Å². The third-order valence-electron chi connectivity index (χ3n) is 6.49. The van der Waals surface area contributed by atoms with E-state index in [1.807, 2.05) is 85.5 Å². The van der Waals surface area contributed by atoms with E-state index in [2.05, 4.69) is 22.9 Å². The topological polar surface area (TPSA) is 50.3 Å². The van der Waals surface area contributed by atoms with Crippen molar-refractivity contribution in [2.75, 3.05) is 0 Å². The van der Waals surface area contributed by atoms with E-state index < -0.39 is 0 Å². The molecule has 0 fully saturated rings. The summed E-state index contributed by atoms with van der Waals surface area (Å²) in [7, 11) is 3.99. The zero-order chi connectivity index (χ0) is 22.0. The van der Waals surface area contributed by atoms with Crippen LogP contribution in [-0.2, 0) is 14.1 Å². The van der Waals surface area contributed by atoms with Gasteiger partial charge in [-0.2, -0.15) is 0 Å². The predicted molar refractivity (Wildman–Crippen MR) is 131 cm³/mol. The van der Waals surface area contributed by atoms with Gasteiger partial charge < -0.3 is 19.3 Å². The van der Waals surface area contributed by atoms with Gasteiger partial charge in [0.1, 0.15) is 11.5 Å². The number of aryl methyl sites for hydroxylation is 2. The molecule has 0 bridgehead atoms. The van der Waals surface area contributed by atoms with E-state index in [4.69, 9.17) is 0 Å². The molecule has 4 nitrogen and oxygen atoms in total. The highest BCUT2D eigenvalue weighted by Crippen LogP contribution is 2.52. The Kier molecular flexibility index (Phi) is 3.87. The normalized spacial score (nSPS) is 11.7. The van der Waals surface area contributed by atoms with Gasteiger partial charge in [0.2, 0.25) is 0 Å². The second-order valence-electron chi connectivity index (χ2n) is 8.33. The summed E-state index contributed by atoms with van der Waals surface area (Å²) in [4.78, 5) is 0. The molecule has 4 aromatic carbocycles. The maximum atomic E-state index is 11.7. The minimum absolute atomic E-state index is 0.0916. The van der Waals surface area contributed by atoms with Gasteiger partial charge in [0.15, 0.2) is 0 Å². The van der Waals surface area contributed by atoms with E-state index in [0.29, 0.717) is 5.56 Å². The molecule has 6 aromatic rings. The molecular weight excluding hydrogens is 396 g/mol. The van der Waals surface area contributed by atoms with Crippen LogP contribution in [0.2, 0.25) is 0 Å². The molecule has 6 rings (SSSR count). The summed E-state index contributed by atoms with van der Waals surface area (Å²) in [5, 5.41) is 26.7. The molecule has 4 heteroatoms. The molecule has 0 atom stereocenters. The molecule has 2 heterocycles. The number of phenols is 2. The van der Waals surface area contributed by atoms with Crippen molar-refractivity contribution in [2.24, 2.45) is 14.1 Å². The van der Waals surface area contributed by atoms with Crippen molar-refractivity contribution in [3.63, 3.8) is 0 Å². The highest BCUT2D eigenvalue weighted by atomic mass is 16.3. The lowest BCUT2D eigenvalue weighted by molar-refractivity contribution is 0.460. The van der Waals surface area contributed by atoms with Crippen LogP contribution in [0.3, 0.4) is 0 Å². The summed E-state index contributed by atoms with van der Waals surface area (Å²) in [6.45, 7) is 0. The molecule has 0 amide bonds. The van der Waals surface area contributed by atoms with Gasteiger partial charge in [-0.05, 0) is 17.5 Å². The number of para-hydroxylation sites is 2. The highest BCUT2D eigenvalue weighted by molar-refractivity contribution is 6.14. The molecular formula is C28H22N2O2. The summed E-state index contributed by atoms with van der Waals surface area (Å²) in [5.74, 6) is 0.187. The smallest absolute Gasteiger partial charge is 0.135 e. The number of nitrogens with zero attached hydrogens (tertiary/aromatic N) is 2. The fourth-order valence-electron chi connectivity index (χ4n) is 5.02. The quantitative estimate of drug-likeness (QED) is 0.334. The SMILES string of the molecule is Cn1cc(-c2c(O)c(-c3cn(C)c4ccccc34)c3ccccc3c2O)c2ccccc21. The second kappa shape index (κ2) is 6.66. The molecule has 0 aliphatic carbocycles. The van der Waals surface area contributed by atoms with Crippen LogP contribution in [0.5, 0.6) is 11.5 Å². The maximum absolute atomic E-state index is 11.7. The average molecular weight is 418 g/mol. The number of hydrogen-bond acceptors (Lipinski definition) is 2. The van der Waals surface area contributed by atoms with Crippen LogP contribution in [0.25, 0.3) is 54.8 Å². The van der Waals surface area contributed by atoms with Crippen molar-refractivity contribution < 1.29 is 10.2 Å². The van der Waals surface area contributed by atoms with E-state index in [-0.39, 0.29) is 11.5 Å². The first-order valence-corrected chi connectivity index (χ1v) is 10.6. The van der Waals surface area contributed by atoms with Crippen molar-refractivity contribution in [2.45, 2.75) is 0 Å². The first-order valence-electron chi connectivity index (χ1n) is 10.6. The van der Waals surface area contributed by atoms with Gasteiger partial charge in [0.05, 0.1) is 5.56 Å². The monoisotopic (exact) mass is 418 g/mol. The third-order valence-corrected chi connectivity index (χ3v) is 6.49. The molecule has 0 aliphatic rings. The second-order valence-corrected chi connectivity index (χ2v) is 8.33. The highest BCUT2D eigenvalue weighted by Gasteiger charge is 2.25. The number of aromatic nitrogens is 2. The average Bonchev–Trinajstić information content (AvgIpc) is 3.32. The Morgan fingerprint density at radius 3 is 1.50 bits per heavy atom. The van der Waals surface area contributed by atoms with Gasteiger partial charge >= 0.3 is 0 Å². The molecule has 2 aromatic heterocycles. The predicted octanol–water partition coefficient (Wildman–Crippen LogP) is 6.57. The van der Waals surface area contributed by atoms with Crippen molar-refractivity contribution in [3.05, 3.63) is 85.2 Å². The fourth-order valence-corrected chi connectivity index (χ4v) is 5.02. The van der Waals surface area contributed by atoms with Crippen molar-refractivity contribution in [1.29, 1.82) is 0 Å². The summed E-state index contributed by atoms with van der Waals surface area (Å²) < 4.78 is 4.10. The molecule has 0 unspecified atom stereocenters. The fraction of sp³-hybridized carbons (Fsp3) is 0.0714. The molecule has 156 valence electrons. The molecule has 0 aliphatic heterocycles. The van der Waals surface area contributed by atoms with E-state index >= 15 is 0 Å². The maximum Gasteiger partial charge on any atom is 0.135 e. The lowest BCUT2D eigenvalue weighted by Crippen LogP contribution is -1.89. The third kappa shape index (κ3) is 2.44. The van der Waals surface area contributed by atoms with Crippen LogP contribution < -0.4 is 0 Å². The number of phenolic OH excluding ortho intramolecular Hbond substituents is 2. The van der Waals surface area contributed by atoms with Gasteiger partial charge in [-0.25, -0.2) is 0 Å². The number of rotatable bonds is 2. The van der Waals surface area contributed by atoms with E-state index in [1.165, 1.54) is 0 Å². The Morgan fingerprint density at radius 2 is 0.938 bits per heavy atom. The summed E-state index contributed by atoms with van der Waals surface area (Å²) >= 11 is 0. The number of hydrogen-bond donors (Lipinski definition) is 2. The molecule has 32 heavy (non-hydrogen) atoms. The van der Waals surface area contributed by atoms with Crippen LogP contribution in [0.4, 0.5) is 0 Å². The number of fused-ring (bicyclic) bond motifs is 3. The molecule has 0 radical (unpaired) electrons. The van der Waals surface area contributed by atoms with Crippen LogP contribution in [0.1, 0.15) is 0 Å². The summed E-state index contributed by atoms with van der Waals surface area (Å²) in [6, 6.07) is 23.9. The Balaban J connectivity index is 1.80. The van der Waals surface area contributed by atoms with Gasteiger partial charge in [-0.15, -0.1) is 0 Å². The van der Waals surface area contributed by atoms with Gasteiger partial charge in [0.25, 0.3) is 0 Å². The van der Waals surface area contributed by atoms with E-state index in [9.17, 15) is 10.2 Å². The minimum Gasteiger partial charge on any atom is -0.507 e. The van der Waals surface area contributed by atoms with Gasteiger partial charge in [-0.3, -0.25) is 0 Å². The van der Waals surface area contributed by atoms with Crippen molar-refractivity contribution in [1.82, 2.24) is 9.13 Å². The zero-order valence-corrected chi connectivity index (χ0v) is 17.9. The van der Waals surface area contributed by atoms with Gasteiger partial charge in [0, 0.05) is 70.4 Å². The molecule has 0 spiro atoms. The number of aromatic hydroxyl groups is 2. The standard InChI is InChI=1S/C28H22N2O2/c1-29-15-21(17-9-5-7-13-23(17)29)25-19-11-3-4-12-20(19)27(31)26(28(25)32)22-16-30(2)24-14-8-6-10-18(22)24/h3-16,31-32H,1-2H3. The molecule has 2 N–H and O–H groups in total. The van der Waals surface area contributed by atoms with Crippen LogP contribution in [-0.4, -0.2) is 19.3 Å². The lowest BCUT2D eigenvalue weighted by Gasteiger charge is -2.16. The Hall–Kier alpha value is -4.18. The number of benzene rings is 4. The Morgan fingerprint density at radius 1 is 0.500 bits per heavy atom. The Bertz CT molecular complexity index is 1670. The Labute approximate surface area is 185 Å². The summed E-state index contributed by atoms with van der Waals surface area (Å²) in [6.07, 6.45) is 4.02. The van der Waals surface area contributed by atoms with Crippen molar-refractivity contribution in [3.8, 4) is 33.8 Å². The van der Waals surface area contributed by atoms with E-state index in [1.54, 1.807) is 0 Å². The lowest BCUT2D eigenvalue weighted by atomic mass is 9.90. The van der Waals surface area contributed by atoms with E-state index in [0.717, 1.165) is 49.3 Å². The summed E-state index contributed by atoms with van der Waals surface area (Å²) in [5.41, 5.74) is 5.08. The van der Waals surface area contributed by atoms with Crippen LogP contribution in [0.15, 0.2) is 85.2 Å². The first kappa shape index (κ1) is 18.6. The van der Waals surface area contributed by atoms with Crippen LogP contribution >= 0.6 is 0 Å². The first-order chi connectivity index (χ1) is 15.6.